The van der Waals surface area contributed by atoms with E-state index in [4.69, 9.17) is 65.7 Å². The van der Waals surface area contributed by atoms with Gasteiger partial charge in [0.05, 0.1) is 25.7 Å². The van der Waals surface area contributed by atoms with Gasteiger partial charge in [-0.25, -0.2) is 28.3 Å². The molecule has 0 aliphatic rings. The maximum absolute atomic E-state index is 12.1. The summed E-state index contributed by atoms with van der Waals surface area (Å²) in [6, 6.07) is 0. The van der Waals surface area contributed by atoms with Crippen molar-refractivity contribution in [3.05, 3.63) is 0 Å². The average molecular weight is 1190 g/mol. The van der Waals surface area contributed by atoms with E-state index in [1.165, 1.54) is 0 Å². The number of phosphoric acid groups is 2. The van der Waals surface area contributed by atoms with Gasteiger partial charge in [0.2, 0.25) is 0 Å². The van der Waals surface area contributed by atoms with E-state index in [1.54, 1.807) is 0 Å². The average Bonchev–Trinajstić information content (AvgIpc) is 2.82. The van der Waals surface area contributed by atoms with Crippen molar-refractivity contribution in [3.63, 3.8) is 0 Å². The van der Waals surface area contributed by atoms with Crippen LogP contribution in [0.15, 0.2) is 0 Å². The molecule has 32 nitrogen and oxygen atoms in total. The molecule has 0 rings (SSSR count). The molecule has 0 fully saturated rings. The molecule has 14 N–H and O–H groups in total. The second-order valence-corrected chi connectivity index (χ2v) is 13.0. The van der Waals surface area contributed by atoms with Gasteiger partial charge >= 0.3 is 386 Å². The number of aliphatic carboxylic acids is 6. The van der Waals surface area contributed by atoms with E-state index in [1.807, 2.05) is 0 Å². The molecule has 0 amide bonds. The van der Waals surface area contributed by atoms with E-state index in [0.717, 1.165) is 0 Å². The summed E-state index contributed by atoms with van der Waals surface area (Å²) in [4.78, 5) is 110. The number of carbonyl (C=O) groups is 8. The fourth-order valence-corrected chi connectivity index (χ4v) is 4.73. The van der Waals surface area contributed by atoms with Gasteiger partial charge in [0.15, 0.2) is 23.4 Å². The van der Waals surface area contributed by atoms with E-state index in [-0.39, 0.29) is 302 Å². The molecule has 0 aliphatic carbocycles. The van der Waals surface area contributed by atoms with Crippen molar-refractivity contribution >= 4 is 386 Å². The van der Waals surface area contributed by atoms with E-state index < -0.39 is 133 Å². The van der Waals surface area contributed by atoms with E-state index >= 15 is 0 Å². The molecule has 60 heavy (non-hydrogen) atoms. The molecule has 4 unspecified atom stereocenters. The van der Waals surface area contributed by atoms with Gasteiger partial charge in [-0.2, -0.15) is 16.8 Å². The first-order valence-corrected chi connectivity index (χ1v) is 17.2. The molecule has 0 heterocycles. The van der Waals surface area contributed by atoms with Gasteiger partial charge in [-0.15, -0.1) is 0 Å². The Morgan fingerprint density at radius 3 is 0.717 bits per heavy atom. The molecule has 0 bridgehead atoms. The second-order valence-electron chi connectivity index (χ2n) is 8.61. The Morgan fingerprint density at radius 1 is 0.450 bits per heavy atom. The normalized spacial score (nSPS) is 13.1. The molecule has 0 spiro atoms. The zero-order valence-electron chi connectivity index (χ0n) is 24.3. The van der Waals surface area contributed by atoms with Crippen molar-refractivity contribution in [1.29, 1.82) is 0 Å². The zero-order chi connectivity index (χ0) is 42.4. The summed E-state index contributed by atoms with van der Waals surface area (Å²) < 4.78 is 103. The summed E-state index contributed by atoms with van der Waals surface area (Å²) in [5, 5.41) is 73.0. The predicted molar refractivity (Wildman–Crippen MR) is 212 cm³/mol. The standard InChI is InChI=1S/C16H20O24P2.8Ca.2H2O4S.16H/c17-5(18)1-15(13(29)30,2-6(19)20)39-41(33,34)37-11(27)9(25)10(26)12(28)38-42(35,36)40-16(14(31)32,3-7(21)22)4-8(23)24;;;;;;;;;2*1-5(2,3)4;;;;;;;;;;;;;;;;/h9-10,25-26H,1-4H2,(H,17,18)(H,19,20)(H,21,22)(H,23,24)(H,29,30)(H,31,32)(H,33,34)(H,35,36);;;;;;;;;2*(H2,1,2,3,4);;;;;;;;;;;;;;;;. The van der Waals surface area contributed by atoms with Gasteiger partial charge in [-0.3, -0.25) is 56.2 Å². The van der Waals surface area contributed by atoms with Crippen LogP contribution in [0.4, 0.5) is 0 Å². The van der Waals surface area contributed by atoms with Crippen LogP contribution in [-0.4, -0.2) is 459 Å². The third-order valence-corrected chi connectivity index (χ3v) is 6.28. The third-order valence-electron chi connectivity index (χ3n) is 4.30. The van der Waals surface area contributed by atoms with Crippen molar-refractivity contribution < 1.29 is 151 Å². The first kappa shape index (κ1) is 92.0. The molecule has 334 valence electrons. The van der Waals surface area contributed by atoms with Crippen molar-refractivity contribution in [2.24, 2.45) is 0 Å². The topological polar surface area (TPSA) is 559 Å². The Labute approximate surface area is 573 Å². The minimum atomic E-state index is -6.25. The number of carbonyl (C=O) groups excluding carboxylic acids is 2. The number of rotatable bonds is 19. The van der Waals surface area contributed by atoms with E-state index in [2.05, 4.69) is 18.1 Å². The summed E-state index contributed by atoms with van der Waals surface area (Å²) in [7, 11) is -21.8. The monoisotopic (exact) mass is 1190 g/mol. The Kier molecular flexibility index (Phi) is 63.5. The summed E-state index contributed by atoms with van der Waals surface area (Å²) in [6.07, 6.45) is -14.1. The molecular formula is C16H40Ca8O32P2S2. The molecule has 0 aliphatic heterocycles. The minimum absolute atomic E-state index is 0. The van der Waals surface area contributed by atoms with Gasteiger partial charge in [0.1, 0.15) is 0 Å². The quantitative estimate of drug-likeness (QED) is 0.0324. The molecule has 0 aromatic carbocycles. The first-order chi connectivity index (χ1) is 22.8. The molecule has 0 radical (unpaired) electrons. The van der Waals surface area contributed by atoms with Gasteiger partial charge in [0, 0.05) is 0 Å². The molecule has 0 aromatic heterocycles. The first-order valence-electron chi connectivity index (χ1n) is 11.4. The number of carboxylic acid groups (broad SMARTS) is 6. The maximum atomic E-state index is 12.1. The molecule has 0 saturated heterocycles. The summed E-state index contributed by atoms with van der Waals surface area (Å²) in [5.41, 5.74) is -7.15. The van der Waals surface area contributed by atoms with Crippen LogP contribution in [0.3, 0.4) is 0 Å². The summed E-state index contributed by atoms with van der Waals surface area (Å²) in [5.74, 6) is -18.5. The van der Waals surface area contributed by atoms with Gasteiger partial charge in [-0.05, 0) is 0 Å². The Hall–Kier alpha value is 5.80. The molecule has 4 atom stereocenters. The van der Waals surface area contributed by atoms with Crippen LogP contribution >= 0.6 is 15.6 Å². The van der Waals surface area contributed by atoms with Crippen molar-refractivity contribution in [1.82, 2.24) is 0 Å². The Morgan fingerprint density at radius 2 is 0.600 bits per heavy atom. The summed E-state index contributed by atoms with van der Waals surface area (Å²) in [6.45, 7) is 0. The third kappa shape index (κ3) is 48.8. The van der Waals surface area contributed by atoms with E-state index in [9.17, 15) is 67.5 Å². The fraction of sp³-hybridized carbons (Fsp3) is 0.500. The van der Waals surface area contributed by atoms with Gasteiger partial charge in [0.25, 0.3) is 0 Å². The number of hydrogen-bond acceptors (Lipinski definition) is 20. The Bertz CT molecular complexity index is 1560. The summed E-state index contributed by atoms with van der Waals surface area (Å²) >= 11 is 0. The molecule has 0 saturated carbocycles. The van der Waals surface area contributed by atoms with Gasteiger partial charge in [-0.1, -0.05) is 0 Å². The SMILES string of the molecule is O=C(O)CC(CC(=O)O)(OP(=O)(O)OC(=O)C(O)C(O)C(=O)OP(=O)(O)OC(CC(=O)O)(CC(=O)O)C(=O)O)C(=O)O.O=S(=O)(O)O.O=S(=O)(O)O.[CaH2].[CaH2].[CaH2].[CaH2].[CaH2].[CaH2].[CaH2].[CaH2]. The molecular weight excluding hydrogens is 1150 g/mol. The van der Waals surface area contributed by atoms with Crippen molar-refractivity contribution in [2.45, 2.75) is 49.1 Å². The Balaban J connectivity index is -0.000000132. The molecule has 44 heteroatoms. The molecule has 0 aromatic rings. The van der Waals surface area contributed by atoms with E-state index in [0.29, 0.717) is 0 Å². The van der Waals surface area contributed by atoms with Crippen molar-refractivity contribution in [3.8, 4) is 0 Å². The van der Waals surface area contributed by atoms with Crippen LogP contribution in [0.5, 0.6) is 0 Å². The fourth-order valence-electron chi connectivity index (χ4n) is 2.68. The van der Waals surface area contributed by atoms with Crippen LogP contribution in [0, 0.1) is 0 Å². The predicted octanol–water partition coefficient (Wildman–Crippen LogP) is -12.1. The number of phosphoric ester groups is 2. The van der Waals surface area contributed by atoms with Crippen LogP contribution in [-0.2, 0) is 86.4 Å². The second kappa shape index (κ2) is 41.4. The van der Waals surface area contributed by atoms with Crippen LogP contribution in [0.1, 0.15) is 25.7 Å². The number of aliphatic hydroxyl groups excluding tert-OH is 2. The number of aliphatic hydroxyl groups is 2. The van der Waals surface area contributed by atoms with Crippen molar-refractivity contribution in [2.75, 3.05) is 0 Å². The van der Waals surface area contributed by atoms with Crippen LogP contribution in [0.25, 0.3) is 0 Å². The van der Waals surface area contributed by atoms with Gasteiger partial charge < -0.3 is 49.9 Å². The van der Waals surface area contributed by atoms with Crippen LogP contribution in [0.2, 0.25) is 0 Å². The number of carboxylic acids is 6. The zero-order valence-corrected chi connectivity index (χ0v) is 27.7. The van der Waals surface area contributed by atoms with Crippen LogP contribution < -0.4 is 0 Å². The number of hydrogen-bond donors (Lipinski definition) is 14.